The van der Waals surface area contributed by atoms with Crippen LogP contribution in [0.4, 0.5) is 0 Å². The number of ether oxygens (including phenoxy) is 1. The fraction of sp³-hybridized carbons (Fsp3) is 0.200. The summed E-state index contributed by atoms with van der Waals surface area (Å²) in [6.45, 7) is 2.19. The van der Waals surface area contributed by atoms with Crippen LogP contribution in [-0.2, 0) is 4.74 Å². The maximum absolute atomic E-state index is 6.46. The third-order valence-corrected chi connectivity index (χ3v) is 5.65. The molecule has 4 atom stereocenters. The van der Waals surface area contributed by atoms with Gasteiger partial charge >= 0.3 is 0 Å². The minimum Gasteiger partial charge on any atom is -0.364 e. The molecule has 0 amide bonds. The Morgan fingerprint density at radius 1 is 0.692 bits per heavy atom. The molecule has 26 heavy (non-hydrogen) atoms. The molecule has 2 aliphatic rings. The summed E-state index contributed by atoms with van der Waals surface area (Å²) in [5.41, 5.74) is 6.39. The minimum absolute atomic E-state index is 0.0667. The molecule has 2 aliphatic heterocycles. The Morgan fingerprint density at radius 2 is 1.31 bits per heavy atom. The SMILES string of the molecule is Cc1ccccc1[C@H]1[C@@H](C#Cc2ccccc2)[C@H]2O[C@@H]1c1ccccc12. The van der Waals surface area contributed by atoms with Crippen LogP contribution in [0.1, 0.15) is 45.9 Å². The Balaban J connectivity index is 1.62. The number of fused-ring (bicyclic) bond motifs is 5. The summed E-state index contributed by atoms with van der Waals surface area (Å²) in [4.78, 5) is 0. The van der Waals surface area contributed by atoms with E-state index in [1.807, 2.05) is 18.2 Å². The highest BCUT2D eigenvalue weighted by atomic mass is 16.5. The second kappa shape index (κ2) is 6.16. The Morgan fingerprint density at radius 3 is 2.04 bits per heavy atom. The van der Waals surface area contributed by atoms with Crippen LogP contribution in [0.2, 0.25) is 0 Å². The summed E-state index contributed by atoms with van der Waals surface area (Å²) >= 11 is 0. The summed E-state index contributed by atoms with van der Waals surface area (Å²) in [6, 6.07) is 27.5. The van der Waals surface area contributed by atoms with Gasteiger partial charge in [-0.15, -0.1) is 0 Å². The molecule has 3 aromatic rings. The Labute approximate surface area is 154 Å². The topological polar surface area (TPSA) is 9.23 Å². The van der Waals surface area contributed by atoms with Crippen molar-refractivity contribution in [3.63, 3.8) is 0 Å². The zero-order valence-electron chi connectivity index (χ0n) is 14.7. The largest absolute Gasteiger partial charge is 0.364 e. The van der Waals surface area contributed by atoms with E-state index in [0.717, 1.165) is 5.56 Å². The standard InChI is InChI=1S/C25H20O/c1-17-9-5-6-12-19(17)23-22(16-15-18-10-3-2-4-11-18)24-20-13-7-8-14-21(20)25(23)26-24/h2-14,22-25H,1H3/t22-,23+,24+,25-/m1/s1. The predicted molar refractivity (Wildman–Crippen MR) is 104 cm³/mol. The summed E-state index contributed by atoms with van der Waals surface area (Å²) in [5, 5.41) is 0. The van der Waals surface area contributed by atoms with Crippen LogP contribution < -0.4 is 0 Å². The molecule has 2 bridgehead atoms. The van der Waals surface area contributed by atoms with Crippen molar-refractivity contribution in [1.82, 2.24) is 0 Å². The summed E-state index contributed by atoms with van der Waals surface area (Å²) < 4.78 is 6.46. The summed E-state index contributed by atoms with van der Waals surface area (Å²) in [5.74, 6) is 7.42. The fourth-order valence-electron chi connectivity index (χ4n) is 4.44. The number of rotatable bonds is 1. The van der Waals surface area contributed by atoms with Gasteiger partial charge in [-0.1, -0.05) is 78.6 Å². The van der Waals surface area contributed by atoms with E-state index >= 15 is 0 Å². The smallest absolute Gasteiger partial charge is 0.0981 e. The van der Waals surface area contributed by atoms with Crippen molar-refractivity contribution in [2.75, 3.05) is 0 Å². The van der Waals surface area contributed by atoms with Crippen molar-refractivity contribution in [3.05, 3.63) is 107 Å². The first-order valence-electron chi connectivity index (χ1n) is 9.19. The number of hydrogen-bond donors (Lipinski definition) is 0. The third kappa shape index (κ3) is 2.38. The van der Waals surface area contributed by atoms with Crippen LogP contribution >= 0.6 is 0 Å². The lowest BCUT2D eigenvalue weighted by Crippen LogP contribution is -2.20. The first-order valence-corrected chi connectivity index (χ1v) is 9.19. The highest BCUT2D eigenvalue weighted by Gasteiger charge is 2.52. The van der Waals surface area contributed by atoms with Gasteiger partial charge in [0.05, 0.1) is 18.1 Å². The Hall–Kier alpha value is -2.82. The number of hydrogen-bond acceptors (Lipinski definition) is 1. The van der Waals surface area contributed by atoms with Gasteiger partial charge in [0, 0.05) is 11.5 Å². The molecule has 0 aromatic heterocycles. The van der Waals surface area contributed by atoms with Crippen molar-refractivity contribution in [2.45, 2.75) is 25.0 Å². The van der Waals surface area contributed by atoms with Crippen molar-refractivity contribution in [2.24, 2.45) is 5.92 Å². The van der Waals surface area contributed by atoms with E-state index in [1.54, 1.807) is 0 Å². The molecule has 1 heteroatoms. The lowest BCUT2D eigenvalue weighted by Gasteiger charge is -2.27. The van der Waals surface area contributed by atoms with Gasteiger partial charge in [0.1, 0.15) is 0 Å². The van der Waals surface area contributed by atoms with Gasteiger partial charge in [0.2, 0.25) is 0 Å². The first kappa shape index (κ1) is 15.4. The van der Waals surface area contributed by atoms with Crippen LogP contribution in [0.25, 0.3) is 0 Å². The van der Waals surface area contributed by atoms with Crippen LogP contribution in [0.5, 0.6) is 0 Å². The Kier molecular flexibility index (Phi) is 3.66. The monoisotopic (exact) mass is 336 g/mol. The first-order chi connectivity index (χ1) is 12.8. The van der Waals surface area contributed by atoms with Gasteiger partial charge in [-0.05, 0) is 41.3 Å². The number of benzene rings is 3. The van der Waals surface area contributed by atoms with Crippen LogP contribution in [0.3, 0.4) is 0 Å². The molecule has 0 N–H and O–H groups in total. The van der Waals surface area contributed by atoms with Crippen molar-refractivity contribution in [1.29, 1.82) is 0 Å². The van der Waals surface area contributed by atoms with Gasteiger partial charge in [-0.25, -0.2) is 0 Å². The molecule has 1 nitrogen and oxygen atoms in total. The minimum atomic E-state index is 0.0667. The van der Waals surface area contributed by atoms with E-state index in [9.17, 15) is 0 Å². The second-order valence-electron chi connectivity index (χ2n) is 7.15. The number of aryl methyl sites for hydroxylation is 1. The second-order valence-corrected chi connectivity index (χ2v) is 7.15. The average Bonchev–Trinajstić information content (AvgIpc) is 3.24. The van der Waals surface area contributed by atoms with Crippen LogP contribution in [0.15, 0.2) is 78.9 Å². The lowest BCUT2D eigenvalue weighted by atomic mass is 9.72. The summed E-state index contributed by atoms with van der Waals surface area (Å²) in [6.07, 6.45) is 0.171. The molecule has 0 radical (unpaired) electrons. The van der Waals surface area contributed by atoms with Crippen LogP contribution in [-0.4, -0.2) is 0 Å². The molecule has 126 valence electrons. The molecule has 0 aliphatic carbocycles. The van der Waals surface area contributed by atoms with E-state index in [2.05, 4.69) is 79.4 Å². The van der Waals surface area contributed by atoms with Crippen molar-refractivity contribution >= 4 is 0 Å². The van der Waals surface area contributed by atoms with Crippen molar-refractivity contribution < 1.29 is 4.74 Å². The molecule has 5 rings (SSSR count). The lowest BCUT2D eigenvalue weighted by molar-refractivity contribution is 0.0627. The highest BCUT2D eigenvalue weighted by Crippen LogP contribution is 2.61. The van der Waals surface area contributed by atoms with Gasteiger partial charge in [0.15, 0.2) is 0 Å². The zero-order valence-corrected chi connectivity index (χ0v) is 14.7. The van der Waals surface area contributed by atoms with Gasteiger partial charge < -0.3 is 4.74 Å². The molecule has 0 unspecified atom stereocenters. The molecular formula is C25H20O. The molecule has 0 spiro atoms. The van der Waals surface area contributed by atoms with Gasteiger partial charge in [0.25, 0.3) is 0 Å². The maximum atomic E-state index is 6.46. The molecule has 2 heterocycles. The third-order valence-electron chi connectivity index (χ3n) is 5.65. The van der Waals surface area contributed by atoms with E-state index in [4.69, 9.17) is 4.74 Å². The van der Waals surface area contributed by atoms with E-state index in [0.29, 0.717) is 0 Å². The Bertz CT molecular complexity index is 1010. The van der Waals surface area contributed by atoms with Crippen LogP contribution in [0, 0.1) is 24.7 Å². The maximum Gasteiger partial charge on any atom is 0.0981 e. The molecular weight excluding hydrogens is 316 g/mol. The van der Waals surface area contributed by atoms with Gasteiger partial charge in [-0.3, -0.25) is 0 Å². The van der Waals surface area contributed by atoms with E-state index in [1.165, 1.54) is 22.3 Å². The predicted octanol–water partition coefficient (Wildman–Crippen LogP) is 5.57. The quantitative estimate of drug-likeness (QED) is 0.528. The summed E-state index contributed by atoms with van der Waals surface area (Å²) in [7, 11) is 0. The molecule has 0 saturated carbocycles. The molecule has 1 fully saturated rings. The van der Waals surface area contributed by atoms with E-state index in [-0.39, 0.29) is 24.0 Å². The fourth-order valence-corrected chi connectivity index (χ4v) is 4.44. The van der Waals surface area contributed by atoms with E-state index < -0.39 is 0 Å². The normalized spacial score (nSPS) is 25.4. The average molecular weight is 336 g/mol. The highest BCUT2D eigenvalue weighted by molar-refractivity contribution is 5.48. The van der Waals surface area contributed by atoms with Gasteiger partial charge in [-0.2, -0.15) is 0 Å². The van der Waals surface area contributed by atoms with Crippen molar-refractivity contribution in [3.8, 4) is 11.8 Å². The molecule has 3 aromatic carbocycles. The molecule has 1 saturated heterocycles. The zero-order chi connectivity index (χ0) is 17.5.